The maximum Gasteiger partial charge on any atom is 0.239 e. The molecular weight excluding hydrogens is 202 g/mol. The predicted molar refractivity (Wildman–Crippen MR) is 50.7 cm³/mol. The van der Waals surface area contributed by atoms with Crippen molar-refractivity contribution in [2.75, 3.05) is 0 Å². The Labute approximate surface area is 82.2 Å². The minimum atomic E-state index is -3.65. The number of hydrogen-bond acceptors (Lipinski definition) is 4. The first-order valence-corrected chi connectivity index (χ1v) is 5.75. The van der Waals surface area contributed by atoms with Gasteiger partial charge in [-0.3, -0.25) is 4.98 Å². The molecule has 2 rings (SSSR count). The molecule has 1 aliphatic carbocycles. The van der Waals surface area contributed by atoms with Crippen LogP contribution in [0.3, 0.4) is 0 Å². The number of rotatable bonds is 2. The van der Waals surface area contributed by atoms with Gasteiger partial charge in [0.05, 0.1) is 11.2 Å². The van der Waals surface area contributed by atoms with Gasteiger partial charge in [-0.15, -0.1) is 0 Å². The fourth-order valence-electron chi connectivity index (χ4n) is 1.23. The summed E-state index contributed by atoms with van der Waals surface area (Å²) >= 11 is 0. The number of nitrogens with zero attached hydrogens (tertiary/aromatic N) is 1. The highest BCUT2D eigenvalue weighted by molar-refractivity contribution is 7.89. The van der Waals surface area contributed by atoms with Gasteiger partial charge in [0.15, 0.2) is 0 Å². The van der Waals surface area contributed by atoms with Crippen LogP contribution >= 0.6 is 0 Å². The van der Waals surface area contributed by atoms with Crippen LogP contribution in [0.4, 0.5) is 0 Å². The zero-order valence-corrected chi connectivity index (χ0v) is 8.29. The summed E-state index contributed by atoms with van der Waals surface area (Å²) in [6.45, 7) is 0. The molecule has 0 bridgehead atoms. The van der Waals surface area contributed by atoms with Crippen LogP contribution < -0.4 is 10.9 Å². The molecule has 1 aromatic rings. The number of sulfonamides is 1. The van der Waals surface area contributed by atoms with Crippen LogP contribution in [0, 0.1) is 0 Å². The Balaban J connectivity index is 2.36. The average molecular weight is 213 g/mol. The van der Waals surface area contributed by atoms with Crippen molar-refractivity contribution < 1.29 is 8.42 Å². The van der Waals surface area contributed by atoms with Gasteiger partial charge >= 0.3 is 0 Å². The van der Waals surface area contributed by atoms with Gasteiger partial charge in [0.25, 0.3) is 0 Å². The first-order valence-electron chi connectivity index (χ1n) is 4.20. The molecule has 1 saturated carbocycles. The molecule has 4 N–H and O–H groups in total. The number of pyridine rings is 1. The largest absolute Gasteiger partial charge is 0.320 e. The van der Waals surface area contributed by atoms with Crippen molar-refractivity contribution in [2.45, 2.75) is 23.3 Å². The van der Waals surface area contributed by atoms with Crippen molar-refractivity contribution in [1.82, 2.24) is 4.98 Å². The molecule has 1 aromatic heterocycles. The zero-order chi connectivity index (χ0) is 10.4. The Kier molecular flexibility index (Phi) is 1.88. The molecule has 0 amide bonds. The van der Waals surface area contributed by atoms with E-state index in [1.54, 1.807) is 6.07 Å². The molecule has 14 heavy (non-hydrogen) atoms. The number of primary sulfonamides is 1. The van der Waals surface area contributed by atoms with Gasteiger partial charge in [-0.05, 0) is 25.0 Å². The quantitative estimate of drug-likeness (QED) is 0.703. The van der Waals surface area contributed by atoms with Crippen LogP contribution in [0.25, 0.3) is 0 Å². The van der Waals surface area contributed by atoms with Gasteiger partial charge in [0.2, 0.25) is 10.0 Å². The topological polar surface area (TPSA) is 99.1 Å². The van der Waals surface area contributed by atoms with Crippen LogP contribution in [0.1, 0.15) is 18.5 Å². The lowest BCUT2D eigenvalue weighted by Crippen LogP contribution is -2.21. The Bertz CT molecular complexity index is 448. The lowest BCUT2D eigenvalue weighted by Gasteiger charge is -2.07. The molecule has 0 atom stereocenters. The van der Waals surface area contributed by atoms with Crippen LogP contribution in [-0.2, 0) is 15.6 Å². The molecule has 0 aliphatic heterocycles. The molecule has 0 unspecified atom stereocenters. The Morgan fingerprint density at radius 3 is 2.36 bits per heavy atom. The zero-order valence-electron chi connectivity index (χ0n) is 7.47. The summed E-state index contributed by atoms with van der Waals surface area (Å²) in [4.78, 5) is 4.01. The third-order valence-electron chi connectivity index (χ3n) is 2.36. The number of hydrogen-bond donors (Lipinski definition) is 2. The third-order valence-corrected chi connectivity index (χ3v) is 3.26. The minimum Gasteiger partial charge on any atom is -0.320 e. The highest BCUT2D eigenvalue weighted by atomic mass is 32.2. The summed E-state index contributed by atoms with van der Waals surface area (Å²) in [5, 5.41) is 4.93. The third kappa shape index (κ3) is 1.63. The molecule has 0 saturated heterocycles. The number of aromatic nitrogens is 1. The monoisotopic (exact) mass is 213 g/mol. The number of nitrogens with two attached hydrogens (primary N) is 2. The molecule has 0 aromatic carbocycles. The van der Waals surface area contributed by atoms with E-state index in [-0.39, 0.29) is 10.4 Å². The van der Waals surface area contributed by atoms with Crippen molar-refractivity contribution in [3.05, 3.63) is 24.0 Å². The molecular formula is C8H11N3O2S. The van der Waals surface area contributed by atoms with Crippen molar-refractivity contribution in [2.24, 2.45) is 10.9 Å². The highest BCUT2D eigenvalue weighted by Crippen LogP contribution is 2.41. The summed E-state index contributed by atoms with van der Waals surface area (Å²) in [5.41, 5.74) is 6.27. The maximum atomic E-state index is 10.9. The van der Waals surface area contributed by atoms with E-state index in [0.29, 0.717) is 0 Å². The second-order valence-corrected chi connectivity index (χ2v) is 5.14. The highest BCUT2D eigenvalue weighted by Gasteiger charge is 2.41. The van der Waals surface area contributed by atoms with Crippen molar-refractivity contribution in [1.29, 1.82) is 0 Å². The van der Waals surface area contributed by atoms with Crippen molar-refractivity contribution in [3.63, 3.8) is 0 Å². The van der Waals surface area contributed by atoms with Gasteiger partial charge in [-0.1, -0.05) is 0 Å². The Morgan fingerprint density at radius 2 is 2.00 bits per heavy atom. The van der Waals surface area contributed by atoms with Crippen LogP contribution in [0.15, 0.2) is 23.2 Å². The summed E-state index contributed by atoms with van der Waals surface area (Å²) in [5.74, 6) is 0. The maximum absolute atomic E-state index is 10.9. The first kappa shape index (κ1) is 9.57. The lowest BCUT2D eigenvalue weighted by atomic mass is 10.2. The van der Waals surface area contributed by atoms with E-state index in [2.05, 4.69) is 4.98 Å². The molecule has 0 radical (unpaired) electrons. The van der Waals surface area contributed by atoms with E-state index >= 15 is 0 Å². The van der Waals surface area contributed by atoms with Gasteiger partial charge in [-0.25, -0.2) is 13.6 Å². The molecule has 5 nitrogen and oxygen atoms in total. The Morgan fingerprint density at radius 1 is 1.36 bits per heavy atom. The first-order chi connectivity index (χ1) is 6.42. The fraction of sp³-hybridized carbons (Fsp3) is 0.375. The summed E-state index contributed by atoms with van der Waals surface area (Å²) in [6, 6.07) is 3.05. The summed E-state index contributed by atoms with van der Waals surface area (Å²) < 4.78 is 21.8. The standard InChI is InChI=1S/C8H11N3O2S/c9-8(3-4-8)7-2-1-6(5-11-7)14(10,12)13/h1-2,5H,3-4,9H2,(H2,10,12,13). The molecule has 76 valence electrons. The average Bonchev–Trinajstić information content (AvgIpc) is 2.84. The second kappa shape index (κ2) is 2.75. The van der Waals surface area contributed by atoms with E-state index in [1.807, 2.05) is 0 Å². The molecule has 1 aliphatic rings. The van der Waals surface area contributed by atoms with Crippen molar-refractivity contribution >= 4 is 10.0 Å². The van der Waals surface area contributed by atoms with Crippen LogP contribution in [-0.4, -0.2) is 13.4 Å². The van der Waals surface area contributed by atoms with Crippen LogP contribution in [0.2, 0.25) is 0 Å². The smallest absolute Gasteiger partial charge is 0.239 e. The van der Waals surface area contributed by atoms with Gasteiger partial charge in [0, 0.05) is 6.20 Å². The van der Waals surface area contributed by atoms with Crippen molar-refractivity contribution in [3.8, 4) is 0 Å². The molecule has 1 heterocycles. The predicted octanol–water partition coefficient (Wildman–Crippen LogP) is -0.323. The van der Waals surface area contributed by atoms with E-state index < -0.39 is 10.0 Å². The SMILES string of the molecule is NC1(c2ccc(S(N)(=O)=O)cn2)CC1. The molecule has 6 heteroatoms. The van der Waals surface area contributed by atoms with Gasteiger partial charge in [-0.2, -0.15) is 0 Å². The lowest BCUT2D eigenvalue weighted by molar-refractivity contribution is 0.596. The van der Waals surface area contributed by atoms with E-state index in [9.17, 15) is 8.42 Å². The van der Waals surface area contributed by atoms with E-state index in [4.69, 9.17) is 10.9 Å². The van der Waals surface area contributed by atoms with Crippen LogP contribution in [0.5, 0.6) is 0 Å². The fourth-order valence-corrected chi connectivity index (χ4v) is 1.69. The van der Waals surface area contributed by atoms with E-state index in [1.165, 1.54) is 12.3 Å². The minimum absolute atomic E-state index is 0.0190. The van der Waals surface area contributed by atoms with Gasteiger partial charge < -0.3 is 5.73 Å². The van der Waals surface area contributed by atoms with Gasteiger partial charge in [0.1, 0.15) is 4.90 Å². The second-order valence-electron chi connectivity index (χ2n) is 3.58. The summed E-state index contributed by atoms with van der Waals surface area (Å²) in [7, 11) is -3.65. The normalized spacial score (nSPS) is 19.3. The Hall–Kier alpha value is -0.980. The van der Waals surface area contributed by atoms with E-state index in [0.717, 1.165) is 18.5 Å². The summed E-state index contributed by atoms with van der Waals surface area (Å²) in [6.07, 6.45) is 3.04. The molecule has 0 spiro atoms. The molecule has 1 fully saturated rings.